The lowest BCUT2D eigenvalue weighted by Crippen LogP contribution is -2.65. The van der Waals surface area contributed by atoms with Crippen LogP contribution in [-0.4, -0.2) is 76.8 Å². The average molecular weight is 681 g/mol. The van der Waals surface area contributed by atoms with Crippen LogP contribution in [0.25, 0.3) is 28.0 Å². The third-order valence-corrected chi connectivity index (χ3v) is 10.2. The van der Waals surface area contributed by atoms with Crippen LogP contribution in [0.3, 0.4) is 0 Å². The van der Waals surface area contributed by atoms with Gasteiger partial charge in [-0.2, -0.15) is 0 Å². The Hall–Kier alpha value is -4.49. The van der Waals surface area contributed by atoms with Crippen molar-refractivity contribution < 1.29 is 22.7 Å². The third kappa shape index (κ3) is 5.21. The number of carbonyl (C=O) groups is 1. The summed E-state index contributed by atoms with van der Waals surface area (Å²) in [5.74, 6) is -1.62. The molecule has 11 nitrogen and oxygen atoms in total. The molecule has 4 aromatic rings. The lowest BCUT2D eigenvalue weighted by atomic mass is 9.99. The average Bonchev–Trinajstić information content (AvgIpc) is 3.00. The minimum absolute atomic E-state index is 0.0289. The van der Waals surface area contributed by atoms with Crippen LogP contribution in [0, 0.1) is 12.7 Å². The van der Waals surface area contributed by atoms with E-state index in [2.05, 4.69) is 11.6 Å². The van der Waals surface area contributed by atoms with Gasteiger partial charge in [0.05, 0.1) is 52.2 Å². The standard InChI is InChI=1S/C33H34ClFN6O5S/c1-7-25(43)38-15-20-16-40(47(6,45)46)31-30(39(20)14-19(38)5)21-13-22(34)28(26-23(35)9-8-10-24(26)42)37-32(21)41(33(31)44)29-18(4)11-12-36-27(29)17(2)3/h7-13,17,19-20,42H,1,14-16H2,2-6H3. The molecule has 1 saturated heterocycles. The van der Waals surface area contributed by atoms with E-state index in [1.54, 1.807) is 17.2 Å². The zero-order valence-electron chi connectivity index (χ0n) is 26.5. The summed E-state index contributed by atoms with van der Waals surface area (Å²) in [6.07, 6.45) is 3.88. The minimum Gasteiger partial charge on any atom is -0.507 e. The van der Waals surface area contributed by atoms with Gasteiger partial charge in [0.25, 0.3) is 5.56 Å². The number of aromatic nitrogens is 3. The first kappa shape index (κ1) is 32.5. The molecule has 0 bridgehead atoms. The fourth-order valence-corrected chi connectivity index (χ4v) is 7.85. The van der Waals surface area contributed by atoms with Crippen LogP contribution in [0.1, 0.15) is 37.9 Å². The molecule has 6 rings (SSSR count). The third-order valence-electron chi connectivity index (χ3n) is 8.82. The number of hydrogen-bond donors (Lipinski definition) is 1. The summed E-state index contributed by atoms with van der Waals surface area (Å²) in [4.78, 5) is 40.7. The zero-order chi connectivity index (χ0) is 34.1. The summed E-state index contributed by atoms with van der Waals surface area (Å²) in [5.41, 5.74) is 0.876. The number of aryl methyl sites for hydroxylation is 1. The molecule has 246 valence electrons. The van der Waals surface area contributed by atoms with E-state index in [-0.39, 0.29) is 70.8 Å². The molecule has 1 aromatic carbocycles. The van der Waals surface area contributed by atoms with Crippen molar-refractivity contribution in [3.8, 4) is 22.7 Å². The van der Waals surface area contributed by atoms with Crippen molar-refractivity contribution in [2.45, 2.75) is 45.7 Å². The Bertz CT molecular complexity index is 2130. The Morgan fingerprint density at radius 3 is 2.53 bits per heavy atom. The first-order chi connectivity index (χ1) is 22.1. The second-order valence-corrected chi connectivity index (χ2v) is 14.6. The predicted molar refractivity (Wildman–Crippen MR) is 181 cm³/mol. The van der Waals surface area contributed by atoms with Gasteiger partial charge in [0.2, 0.25) is 15.9 Å². The van der Waals surface area contributed by atoms with Crippen LogP contribution in [0.5, 0.6) is 5.75 Å². The molecule has 3 aromatic heterocycles. The molecule has 47 heavy (non-hydrogen) atoms. The quantitative estimate of drug-likeness (QED) is 0.299. The van der Waals surface area contributed by atoms with Crippen molar-refractivity contribution in [2.75, 3.05) is 35.1 Å². The molecular weight excluding hydrogens is 647 g/mol. The van der Waals surface area contributed by atoms with E-state index in [9.17, 15) is 23.1 Å². The van der Waals surface area contributed by atoms with E-state index in [0.717, 1.165) is 10.6 Å². The Labute approximate surface area is 276 Å². The number of rotatable bonds is 5. The second kappa shape index (κ2) is 11.6. The first-order valence-corrected chi connectivity index (χ1v) is 17.3. The fourth-order valence-electron chi connectivity index (χ4n) is 6.66. The van der Waals surface area contributed by atoms with Crippen LogP contribution in [0.2, 0.25) is 5.02 Å². The van der Waals surface area contributed by atoms with Gasteiger partial charge >= 0.3 is 0 Å². The fraction of sp³-hybridized carbons (Fsp3) is 0.333. The lowest BCUT2D eigenvalue weighted by Gasteiger charge is -2.51. The normalized spacial score (nSPS) is 18.0. The van der Waals surface area contributed by atoms with Gasteiger partial charge in [-0.3, -0.25) is 23.4 Å². The molecule has 1 amide bonds. The molecule has 14 heteroatoms. The van der Waals surface area contributed by atoms with Gasteiger partial charge < -0.3 is 14.9 Å². The second-order valence-electron chi connectivity index (χ2n) is 12.3. The predicted octanol–water partition coefficient (Wildman–Crippen LogP) is 4.75. The number of nitrogens with zero attached hydrogens (tertiary/aromatic N) is 6. The molecule has 2 aliphatic heterocycles. The maximum Gasteiger partial charge on any atom is 0.283 e. The molecule has 0 radical (unpaired) electrons. The SMILES string of the molecule is C=CC(=O)N1CC2CN(S(C)(=O)=O)c3c(c4cc(Cl)c(-c5c(O)cccc5F)nc4n(-c4c(C)ccnc4C(C)C)c3=O)N2CC1C. The van der Waals surface area contributed by atoms with Gasteiger partial charge in [-0.05, 0) is 55.7 Å². The van der Waals surface area contributed by atoms with Gasteiger partial charge in [-0.25, -0.2) is 17.8 Å². The van der Waals surface area contributed by atoms with E-state index in [1.165, 1.54) is 34.9 Å². The highest BCUT2D eigenvalue weighted by Gasteiger charge is 2.44. The van der Waals surface area contributed by atoms with Gasteiger partial charge in [-0.1, -0.05) is 38.1 Å². The Morgan fingerprint density at radius 2 is 1.89 bits per heavy atom. The largest absolute Gasteiger partial charge is 0.507 e. The Balaban J connectivity index is 1.79. The summed E-state index contributed by atoms with van der Waals surface area (Å²) in [6, 6.07) is 6.23. The number of pyridine rings is 3. The monoisotopic (exact) mass is 680 g/mol. The van der Waals surface area contributed by atoms with Crippen molar-refractivity contribution in [3.63, 3.8) is 0 Å². The number of anilines is 2. The van der Waals surface area contributed by atoms with Crippen molar-refractivity contribution in [1.82, 2.24) is 19.4 Å². The number of hydrogen-bond acceptors (Lipinski definition) is 8. The van der Waals surface area contributed by atoms with Gasteiger partial charge in [-0.15, -0.1) is 0 Å². The number of sulfonamides is 1. The minimum atomic E-state index is -4.03. The number of phenolic OH excluding ortho intramolecular Hbond substituents is 1. The van der Waals surface area contributed by atoms with E-state index in [0.29, 0.717) is 22.3 Å². The maximum atomic E-state index is 15.2. The van der Waals surface area contributed by atoms with E-state index in [1.807, 2.05) is 32.6 Å². The van der Waals surface area contributed by atoms with Crippen LogP contribution in [0.4, 0.5) is 15.8 Å². The van der Waals surface area contributed by atoms with Crippen LogP contribution in [0.15, 0.2) is 54.0 Å². The number of phenols is 1. The topological polar surface area (TPSA) is 129 Å². The van der Waals surface area contributed by atoms with E-state index in [4.69, 9.17) is 16.6 Å². The Morgan fingerprint density at radius 1 is 1.17 bits per heavy atom. The molecule has 1 fully saturated rings. The van der Waals surface area contributed by atoms with Gasteiger partial charge in [0.15, 0.2) is 5.65 Å². The molecule has 0 spiro atoms. The highest BCUT2D eigenvalue weighted by Crippen LogP contribution is 2.45. The summed E-state index contributed by atoms with van der Waals surface area (Å²) in [7, 11) is -4.03. The van der Waals surface area contributed by atoms with E-state index >= 15 is 4.39 Å². The van der Waals surface area contributed by atoms with Crippen molar-refractivity contribution >= 4 is 49.9 Å². The number of carbonyl (C=O) groups excluding carboxylic acids is 1. The first-order valence-electron chi connectivity index (χ1n) is 15.1. The van der Waals surface area contributed by atoms with Crippen LogP contribution < -0.4 is 14.8 Å². The van der Waals surface area contributed by atoms with Gasteiger partial charge in [0.1, 0.15) is 17.3 Å². The van der Waals surface area contributed by atoms with Crippen molar-refractivity contribution in [3.05, 3.63) is 81.6 Å². The highest BCUT2D eigenvalue weighted by molar-refractivity contribution is 7.92. The summed E-state index contributed by atoms with van der Waals surface area (Å²) in [6.45, 7) is 11.5. The van der Waals surface area contributed by atoms with Crippen LogP contribution in [-0.2, 0) is 14.8 Å². The molecule has 5 heterocycles. The molecule has 2 unspecified atom stereocenters. The van der Waals surface area contributed by atoms with Crippen molar-refractivity contribution in [1.29, 1.82) is 0 Å². The van der Waals surface area contributed by atoms with E-state index < -0.39 is 33.2 Å². The number of aromatic hydroxyl groups is 1. The number of fused-ring (bicyclic) bond motifs is 5. The number of halogens is 2. The Kier molecular flexibility index (Phi) is 8.03. The number of amides is 1. The lowest BCUT2D eigenvalue weighted by molar-refractivity contribution is -0.128. The molecule has 2 aliphatic rings. The van der Waals surface area contributed by atoms with Crippen molar-refractivity contribution in [2.24, 2.45) is 0 Å². The molecule has 2 atom stereocenters. The number of benzene rings is 1. The number of piperazine rings is 1. The molecular formula is C33H34ClFN6O5S. The van der Waals surface area contributed by atoms with Crippen LogP contribution >= 0.6 is 11.6 Å². The zero-order valence-corrected chi connectivity index (χ0v) is 28.1. The summed E-state index contributed by atoms with van der Waals surface area (Å²) in [5, 5.41) is 11.0. The summed E-state index contributed by atoms with van der Waals surface area (Å²) < 4.78 is 44.6. The molecule has 1 N–H and O–H groups in total. The van der Waals surface area contributed by atoms with Gasteiger partial charge in [0, 0.05) is 30.7 Å². The molecule has 0 saturated carbocycles. The molecule has 0 aliphatic carbocycles. The smallest absolute Gasteiger partial charge is 0.283 e. The highest BCUT2D eigenvalue weighted by atomic mass is 35.5. The maximum absolute atomic E-state index is 15.2. The summed E-state index contributed by atoms with van der Waals surface area (Å²) >= 11 is 6.83.